The highest BCUT2D eigenvalue weighted by atomic mass is 32.2. The summed E-state index contributed by atoms with van der Waals surface area (Å²) in [7, 11) is -3.52. The minimum Gasteiger partial charge on any atom is -0.381 e. The first-order chi connectivity index (χ1) is 10.5. The van der Waals surface area contributed by atoms with Gasteiger partial charge in [-0.1, -0.05) is 17.7 Å². The molecule has 0 aromatic heterocycles. The van der Waals surface area contributed by atoms with E-state index in [9.17, 15) is 13.2 Å². The molecule has 1 aliphatic rings. The van der Waals surface area contributed by atoms with Crippen molar-refractivity contribution in [3.8, 4) is 0 Å². The highest BCUT2D eigenvalue weighted by Gasteiger charge is 2.21. The first-order valence-corrected chi connectivity index (χ1v) is 8.89. The van der Waals surface area contributed by atoms with E-state index in [0.717, 1.165) is 18.4 Å². The van der Waals surface area contributed by atoms with Gasteiger partial charge in [0.05, 0.1) is 4.90 Å². The summed E-state index contributed by atoms with van der Waals surface area (Å²) in [5, 5.41) is 2.76. The van der Waals surface area contributed by atoms with E-state index >= 15 is 0 Å². The molecule has 122 valence electrons. The summed E-state index contributed by atoms with van der Waals surface area (Å²) >= 11 is 0. The van der Waals surface area contributed by atoms with E-state index in [-0.39, 0.29) is 29.8 Å². The Morgan fingerprint density at radius 1 is 1.18 bits per heavy atom. The molecular weight excluding hydrogens is 304 g/mol. The monoisotopic (exact) mass is 326 g/mol. The standard InChI is InChI=1S/C15H22N2O4S/c1-12-2-4-14(5-3-12)22(19,20)17-9-8-16-15(18)13-6-10-21-11-7-13/h2-5,13,17H,6-11H2,1H3,(H,16,18). The Labute approximate surface area is 131 Å². The Bertz CT molecular complexity index is 592. The number of aryl methyl sites for hydroxylation is 1. The second kappa shape index (κ2) is 7.71. The van der Waals surface area contributed by atoms with Crippen LogP contribution in [0.4, 0.5) is 0 Å². The molecule has 1 aromatic rings. The Morgan fingerprint density at radius 2 is 1.82 bits per heavy atom. The van der Waals surface area contributed by atoms with Crippen LogP contribution in [0.1, 0.15) is 18.4 Å². The van der Waals surface area contributed by atoms with Gasteiger partial charge < -0.3 is 10.1 Å². The lowest BCUT2D eigenvalue weighted by molar-refractivity contribution is -0.127. The highest BCUT2D eigenvalue weighted by Crippen LogP contribution is 2.14. The van der Waals surface area contributed by atoms with E-state index < -0.39 is 10.0 Å². The van der Waals surface area contributed by atoms with Crippen molar-refractivity contribution in [2.45, 2.75) is 24.7 Å². The van der Waals surface area contributed by atoms with Gasteiger partial charge in [-0.25, -0.2) is 13.1 Å². The Balaban J connectivity index is 1.75. The van der Waals surface area contributed by atoms with Gasteiger partial charge in [0.15, 0.2) is 0 Å². The zero-order valence-electron chi connectivity index (χ0n) is 12.7. The van der Waals surface area contributed by atoms with Crippen molar-refractivity contribution in [2.24, 2.45) is 5.92 Å². The number of benzene rings is 1. The van der Waals surface area contributed by atoms with Crippen LogP contribution in [0.15, 0.2) is 29.2 Å². The molecule has 0 spiro atoms. The SMILES string of the molecule is Cc1ccc(S(=O)(=O)NCCNC(=O)C2CCOCC2)cc1. The van der Waals surface area contributed by atoms with Crippen LogP contribution < -0.4 is 10.0 Å². The topological polar surface area (TPSA) is 84.5 Å². The molecule has 2 rings (SSSR count). The molecule has 2 N–H and O–H groups in total. The number of ether oxygens (including phenoxy) is 1. The largest absolute Gasteiger partial charge is 0.381 e. The summed E-state index contributed by atoms with van der Waals surface area (Å²) < 4.78 is 31.8. The van der Waals surface area contributed by atoms with Gasteiger partial charge in [0.25, 0.3) is 0 Å². The summed E-state index contributed by atoms with van der Waals surface area (Å²) in [6.07, 6.45) is 1.45. The van der Waals surface area contributed by atoms with Crippen LogP contribution >= 0.6 is 0 Å². The molecule has 0 aliphatic carbocycles. The van der Waals surface area contributed by atoms with E-state index in [0.29, 0.717) is 13.2 Å². The summed E-state index contributed by atoms with van der Waals surface area (Å²) in [4.78, 5) is 12.1. The molecule has 1 amide bonds. The van der Waals surface area contributed by atoms with Crippen LogP contribution in [-0.4, -0.2) is 40.6 Å². The molecule has 1 aliphatic heterocycles. The van der Waals surface area contributed by atoms with Crippen molar-refractivity contribution < 1.29 is 17.9 Å². The van der Waals surface area contributed by atoms with Gasteiger partial charge >= 0.3 is 0 Å². The summed E-state index contributed by atoms with van der Waals surface area (Å²) in [5.74, 6) is -0.0553. The number of amides is 1. The Hall–Kier alpha value is -1.44. The fourth-order valence-electron chi connectivity index (χ4n) is 2.28. The molecule has 7 heteroatoms. The molecule has 0 atom stereocenters. The zero-order valence-corrected chi connectivity index (χ0v) is 13.5. The fourth-order valence-corrected chi connectivity index (χ4v) is 3.31. The number of hydrogen-bond acceptors (Lipinski definition) is 4. The second-order valence-electron chi connectivity index (χ2n) is 5.39. The summed E-state index contributed by atoms with van der Waals surface area (Å²) in [6, 6.07) is 6.64. The number of hydrogen-bond donors (Lipinski definition) is 2. The first-order valence-electron chi connectivity index (χ1n) is 7.41. The summed E-state index contributed by atoms with van der Waals surface area (Å²) in [5.41, 5.74) is 1.00. The summed E-state index contributed by atoms with van der Waals surface area (Å²) in [6.45, 7) is 3.57. The molecule has 0 unspecified atom stereocenters. The van der Waals surface area contributed by atoms with Crippen LogP contribution in [0.5, 0.6) is 0 Å². The highest BCUT2D eigenvalue weighted by molar-refractivity contribution is 7.89. The number of carbonyl (C=O) groups excluding carboxylic acids is 1. The zero-order chi connectivity index (χ0) is 16.0. The predicted octanol–water partition coefficient (Wildman–Crippen LogP) is 0.816. The predicted molar refractivity (Wildman–Crippen MR) is 82.9 cm³/mol. The maximum Gasteiger partial charge on any atom is 0.240 e. The minimum absolute atomic E-state index is 0.0255. The third-order valence-corrected chi connectivity index (χ3v) is 5.12. The van der Waals surface area contributed by atoms with Gasteiger partial charge in [-0.2, -0.15) is 0 Å². The molecular formula is C15H22N2O4S. The van der Waals surface area contributed by atoms with Crippen molar-refractivity contribution in [2.75, 3.05) is 26.3 Å². The van der Waals surface area contributed by atoms with Crippen molar-refractivity contribution in [3.63, 3.8) is 0 Å². The van der Waals surface area contributed by atoms with Crippen LogP contribution in [0.3, 0.4) is 0 Å². The van der Waals surface area contributed by atoms with Gasteiger partial charge in [-0.15, -0.1) is 0 Å². The van der Waals surface area contributed by atoms with Crippen LogP contribution in [0.2, 0.25) is 0 Å². The molecule has 22 heavy (non-hydrogen) atoms. The van der Waals surface area contributed by atoms with Crippen molar-refractivity contribution in [3.05, 3.63) is 29.8 Å². The lowest BCUT2D eigenvalue weighted by Gasteiger charge is -2.21. The Morgan fingerprint density at radius 3 is 2.45 bits per heavy atom. The van der Waals surface area contributed by atoms with Crippen molar-refractivity contribution >= 4 is 15.9 Å². The van der Waals surface area contributed by atoms with Gasteiger partial charge in [0.2, 0.25) is 15.9 Å². The first kappa shape index (κ1) is 16.9. The van der Waals surface area contributed by atoms with Crippen LogP contribution in [0, 0.1) is 12.8 Å². The number of carbonyl (C=O) groups is 1. The number of nitrogens with one attached hydrogen (secondary N) is 2. The van der Waals surface area contributed by atoms with Crippen molar-refractivity contribution in [1.82, 2.24) is 10.0 Å². The Kier molecular flexibility index (Phi) is 5.93. The van der Waals surface area contributed by atoms with Crippen molar-refractivity contribution in [1.29, 1.82) is 0 Å². The molecule has 0 radical (unpaired) electrons. The van der Waals surface area contributed by atoms with E-state index in [2.05, 4.69) is 10.0 Å². The van der Waals surface area contributed by atoms with Gasteiger partial charge in [0.1, 0.15) is 0 Å². The van der Waals surface area contributed by atoms with E-state index in [1.54, 1.807) is 24.3 Å². The normalized spacial score (nSPS) is 16.4. The average Bonchev–Trinajstić information content (AvgIpc) is 2.52. The molecule has 0 bridgehead atoms. The smallest absolute Gasteiger partial charge is 0.240 e. The average molecular weight is 326 g/mol. The lowest BCUT2D eigenvalue weighted by Crippen LogP contribution is -2.39. The minimum atomic E-state index is -3.52. The van der Waals surface area contributed by atoms with E-state index in [1.165, 1.54) is 0 Å². The molecule has 1 fully saturated rings. The second-order valence-corrected chi connectivity index (χ2v) is 7.16. The molecule has 1 heterocycles. The molecule has 0 saturated carbocycles. The third kappa shape index (κ3) is 4.79. The van der Waals surface area contributed by atoms with Crippen LogP contribution in [-0.2, 0) is 19.6 Å². The van der Waals surface area contributed by atoms with Gasteiger partial charge in [-0.3, -0.25) is 4.79 Å². The maximum absolute atomic E-state index is 12.0. The van der Waals surface area contributed by atoms with Gasteiger partial charge in [-0.05, 0) is 31.9 Å². The van der Waals surface area contributed by atoms with E-state index in [1.807, 2.05) is 6.92 Å². The van der Waals surface area contributed by atoms with Crippen LogP contribution in [0.25, 0.3) is 0 Å². The van der Waals surface area contributed by atoms with Gasteiger partial charge in [0, 0.05) is 32.2 Å². The number of rotatable bonds is 6. The maximum atomic E-state index is 12.0. The van der Waals surface area contributed by atoms with E-state index in [4.69, 9.17) is 4.74 Å². The third-order valence-electron chi connectivity index (χ3n) is 3.64. The quantitative estimate of drug-likeness (QED) is 0.758. The number of sulfonamides is 1. The lowest BCUT2D eigenvalue weighted by atomic mass is 9.99. The molecule has 6 nitrogen and oxygen atoms in total. The fraction of sp³-hybridized carbons (Fsp3) is 0.533. The molecule has 1 saturated heterocycles. The molecule has 1 aromatic carbocycles.